The Morgan fingerprint density at radius 2 is 2.20 bits per heavy atom. The predicted molar refractivity (Wildman–Crippen MR) is 51.0 cm³/mol. The van der Waals surface area contributed by atoms with Crippen LogP contribution < -0.4 is 4.74 Å². The monoisotopic (exact) mass is 212 g/mol. The van der Waals surface area contributed by atoms with E-state index in [2.05, 4.69) is 10.2 Å². The van der Waals surface area contributed by atoms with Crippen LogP contribution in [0.25, 0.3) is 0 Å². The van der Waals surface area contributed by atoms with Crippen molar-refractivity contribution in [3.63, 3.8) is 0 Å². The van der Waals surface area contributed by atoms with Gasteiger partial charge in [-0.05, 0) is 6.07 Å². The van der Waals surface area contributed by atoms with Gasteiger partial charge in [0.1, 0.15) is 0 Å². The molecule has 15 heavy (non-hydrogen) atoms. The Balaban J connectivity index is 2.39. The fourth-order valence-corrected chi connectivity index (χ4v) is 0.891. The molecule has 0 atom stereocenters. The number of hydrogen-bond acceptors (Lipinski definition) is 5. The van der Waals surface area contributed by atoms with Gasteiger partial charge in [0.2, 0.25) is 5.88 Å². The van der Waals surface area contributed by atoms with Crippen LogP contribution in [0.1, 0.15) is 16.9 Å². The zero-order chi connectivity index (χ0) is 11.1. The summed E-state index contributed by atoms with van der Waals surface area (Å²) in [5, 5.41) is 15.6. The lowest BCUT2D eigenvalue weighted by atomic mass is 10.4. The van der Waals surface area contributed by atoms with Crippen molar-refractivity contribution in [2.75, 3.05) is 20.3 Å². The Morgan fingerprint density at radius 1 is 1.40 bits per heavy atom. The molecule has 0 aliphatic carbocycles. The summed E-state index contributed by atoms with van der Waals surface area (Å²) in [6, 6.07) is 2.82. The van der Waals surface area contributed by atoms with Gasteiger partial charge >= 0.3 is 5.97 Å². The van der Waals surface area contributed by atoms with Crippen LogP contribution in [-0.2, 0) is 4.74 Å². The zero-order valence-corrected chi connectivity index (χ0v) is 8.34. The maximum absolute atomic E-state index is 10.5. The molecule has 1 rings (SSSR count). The summed E-state index contributed by atoms with van der Waals surface area (Å²) in [4.78, 5) is 10.5. The van der Waals surface area contributed by atoms with Gasteiger partial charge in [-0.1, -0.05) is 0 Å². The maximum atomic E-state index is 10.5. The van der Waals surface area contributed by atoms with Crippen LogP contribution in [0.3, 0.4) is 0 Å². The number of hydrogen-bond donors (Lipinski definition) is 1. The van der Waals surface area contributed by atoms with E-state index in [1.54, 1.807) is 7.11 Å². The molecule has 0 amide bonds. The molecule has 0 saturated carbocycles. The SMILES string of the molecule is COCCCOc1ccc(C(=O)O)nn1. The van der Waals surface area contributed by atoms with E-state index in [1.807, 2.05) is 0 Å². The van der Waals surface area contributed by atoms with Gasteiger partial charge in [0, 0.05) is 26.2 Å². The molecule has 0 spiro atoms. The fourth-order valence-electron chi connectivity index (χ4n) is 0.891. The maximum Gasteiger partial charge on any atom is 0.356 e. The van der Waals surface area contributed by atoms with Gasteiger partial charge in [0.15, 0.2) is 5.69 Å². The second kappa shape index (κ2) is 5.92. The summed E-state index contributed by atoms with van der Waals surface area (Å²) in [5.41, 5.74) is -0.0979. The molecule has 1 aromatic rings. The number of carboxylic acid groups (broad SMARTS) is 1. The van der Waals surface area contributed by atoms with E-state index >= 15 is 0 Å². The molecular formula is C9H12N2O4. The molecular weight excluding hydrogens is 200 g/mol. The van der Waals surface area contributed by atoms with E-state index in [0.717, 1.165) is 6.42 Å². The van der Waals surface area contributed by atoms with Gasteiger partial charge in [-0.3, -0.25) is 0 Å². The number of rotatable bonds is 6. The third kappa shape index (κ3) is 3.90. The lowest BCUT2D eigenvalue weighted by Gasteiger charge is -2.03. The van der Waals surface area contributed by atoms with Crippen molar-refractivity contribution in [3.8, 4) is 5.88 Å². The zero-order valence-electron chi connectivity index (χ0n) is 8.34. The lowest BCUT2D eigenvalue weighted by molar-refractivity contribution is 0.0689. The van der Waals surface area contributed by atoms with Crippen molar-refractivity contribution >= 4 is 5.97 Å². The molecule has 0 bridgehead atoms. The van der Waals surface area contributed by atoms with E-state index in [9.17, 15) is 4.79 Å². The van der Waals surface area contributed by atoms with Crippen molar-refractivity contribution in [2.45, 2.75) is 6.42 Å². The van der Waals surface area contributed by atoms with Gasteiger partial charge in [-0.25, -0.2) is 4.79 Å². The first-order valence-corrected chi connectivity index (χ1v) is 4.43. The quantitative estimate of drug-likeness (QED) is 0.695. The highest BCUT2D eigenvalue weighted by atomic mass is 16.5. The summed E-state index contributed by atoms with van der Waals surface area (Å²) in [7, 11) is 1.61. The van der Waals surface area contributed by atoms with Gasteiger partial charge in [0.05, 0.1) is 6.61 Å². The Hall–Kier alpha value is -1.69. The lowest BCUT2D eigenvalue weighted by Crippen LogP contribution is -2.06. The van der Waals surface area contributed by atoms with E-state index in [1.165, 1.54) is 12.1 Å². The summed E-state index contributed by atoms with van der Waals surface area (Å²) >= 11 is 0. The highest BCUT2D eigenvalue weighted by Gasteiger charge is 2.04. The van der Waals surface area contributed by atoms with Crippen LogP contribution >= 0.6 is 0 Å². The van der Waals surface area contributed by atoms with Crippen LogP contribution in [-0.4, -0.2) is 41.6 Å². The molecule has 0 aliphatic heterocycles. The van der Waals surface area contributed by atoms with Crippen LogP contribution in [0.4, 0.5) is 0 Å². The van der Waals surface area contributed by atoms with E-state index < -0.39 is 5.97 Å². The Morgan fingerprint density at radius 3 is 2.73 bits per heavy atom. The average Bonchev–Trinajstić information content (AvgIpc) is 2.25. The predicted octanol–water partition coefficient (Wildman–Crippen LogP) is 0.590. The fraction of sp³-hybridized carbons (Fsp3) is 0.444. The van der Waals surface area contributed by atoms with Crippen molar-refractivity contribution in [2.24, 2.45) is 0 Å². The standard InChI is InChI=1S/C9H12N2O4/c1-14-5-2-6-15-8-4-3-7(9(12)13)10-11-8/h3-4H,2,5-6H2,1H3,(H,12,13). The first-order chi connectivity index (χ1) is 7.24. The summed E-state index contributed by atoms with van der Waals surface area (Å²) < 4.78 is 10.0. The molecule has 82 valence electrons. The van der Waals surface area contributed by atoms with Gasteiger partial charge in [-0.2, -0.15) is 0 Å². The number of aromatic carboxylic acids is 1. The molecule has 6 heteroatoms. The first kappa shape index (κ1) is 11.4. The molecule has 1 N–H and O–H groups in total. The molecule has 0 aromatic carbocycles. The van der Waals surface area contributed by atoms with E-state index in [4.69, 9.17) is 14.6 Å². The van der Waals surface area contributed by atoms with Crippen LogP contribution in [0.5, 0.6) is 5.88 Å². The highest BCUT2D eigenvalue weighted by Crippen LogP contribution is 2.04. The smallest absolute Gasteiger partial charge is 0.356 e. The molecule has 0 saturated heterocycles. The molecule has 0 fully saturated rings. The van der Waals surface area contributed by atoms with Crippen molar-refractivity contribution in [1.82, 2.24) is 10.2 Å². The van der Waals surface area contributed by atoms with E-state index in [0.29, 0.717) is 19.1 Å². The molecule has 0 aliphatic rings. The normalized spacial score (nSPS) is 9.93. The van der Waals surface area contributed by atoms with Crippen LogP contribution in [0, 0.1) is 0 Å². The minimum atomic E-state index is -1.10. The minimum Gasteiger partial charge on any atom is -0.477 e. The topological polar surface area (TPSA) is 81.5 Å². The van der Waals surface area contributed by atoms with E-state index in [-0.39, 0.29) is 5.69 Å². The molecule has 1 heterocycles. The largest absolute Gasteiger partial charge is 0.477 e. The molecule has 0 radical (unpaired) electrons. The van der Waals surface area contributed by atoms with Crippen LogP contribution in [0.15, 0.2) is 12.1 Å². The second-order valence-corrected chi connectivity index (χ2v) is 2.76. The molecule has 0 unspecified atom stereocenters. The van der Waals surface area contributed by atoms with Crippen LogP contribution in [0.2, 0.25) is 0 Å². The second-order valence-electron chi connectivity index (χ2n) is 2.76. The summed E-state index contributed by atoms with van der Waals surface area (Å²) in [5.74, 6) is -0.787. The number of carbonyl (C=O) groups is 1. The van der Waals surface area contributed by atoms with Gasteiger partial charge in [0.25, 0.3) is 0 Å². The number of ether oxygens (including phenoxy) is 2. The Bertz CT molecular complexity index is 312. The Labute approximate surface area is 86.8 Å². The van der Waals surface area contributed by atoms with Gasteiger partial charge < -0.3 is 14.6 Å². The number of aromatic nitrogens is 2. The highest BCUT2D eigenvalue weighted by molar-refractivity contribution is 5.84. The molecule has 1 aromatic heterocycles. The van der Waals surface area contributed by atoms with Gasteiger partial charge in [-0.15, -0.1) is 10.2 Å². The first-order valence-electron chi connectivity index (χ1n) is 4.43. The van der Waals surface area contributed by atoms with Crippen molar-refractivity contribution in [1.29, 1.82) is 0 Å². The third-order valence-corrected chi connectivity index (χ3v) is 1.60. The number of carboxylic acids is 1. The van der Waals surface area contributed by atoms with Crippen molar-refractivity contribution in [3.05, 3.63) is 17.8 Å². The number of methoxy groups -OCH3 is 1. The number of nitrogens with zero attached hydrogens (tertiary/aromatic N) is 2. The third-order valence-electron chi connectivity index (χ3n) is 1.60. The van der Waals surface area contributed by atoms with Crippen molar-refractivity contribution < 1.29 is 19.4 Å². The summed E-state index contributed by atoms with van der Waals surface area (Å²) in [6.07, 6.45) is 0.749. The molecule has 6 nitrogen and oxygen atoms in total. The Kier molecular flexibility index (Phi) is 4.49. The minimum absolute atomic E-state index is 0.0979. The summed E-state index contributed by atoms with van der Waals surface area (Å²) in [6.45, 7) is 1.08. The average molecular weight is 212 g/mol.